The first-order valence-corrected chi connectivity index (χ1v) is 10.8. The molecule has 2 aliphatic rings. The summed E-state index contributed by atoms with van der Waals surface area (Å²) in [5.74, 6) is 1.17. The summed E-state index contributed by atoms with van der Waals surface area (Å²) in [5, 5.41) is 0. The van der Waals surface area contributed by atoms with Crippen molar-refractivity contribution in [1.29, 1.82) is 0 Å². The summed E-state index contributed by atoms with van der Waals surface area (Å²) in [7, 11) is 1.59. The molecule has 2 aromatic rings. The quantitative estimate of drug-likeness (QED) is 0.624. The minimum Gasteiger partial charge on any atom is -0.493 e. The Morgan fingerprint density at radius 2 is 1.78 bits per heavy atom. The Labute approximate surface area is 188 Å². The van der Waals surface area contributed by atoms with Gasteiger partial charge >= 0.3 is 0 Å². The van der Waals surface area contributed by atoms with Gasteiger partial charge in [-0.2, -0.15) is 0 Å². The SMILES string of the molecule is COc1cc(/C=C/C(=O)N2CC(C(=O)N3CCOCC3)C2)ccc1OCc1ccccc1. The molecular formula is C25H28N2O5. The molecule has 2 fully saturated rings. The smallest absolute Gasteiger partial charge is 0.246 e. The van der Waals surface area contributed by atoms with Gasteiger partial charge in [-0.05, 0) is 29.3 Å². The Kier molecular flexibility index (Phi) is 7.07. The molecule has 0 spiro atoms. The second kappa shape index (κ2) is 10.3. The lowest BCUT2D eigenvalue weighted by molar-refractivity contribution is -0.149. The third-order valence-corrected chi connectivity index (χ3v) is 5.71. The summed E-state index contributed by atoms with van der Waals surface area (Å²) >= 11 is 0. The van der Waals surface area contributed by atoms with E-state index < -0.39 is 0 Å². The van der Waals surface area contributed by atoms with E-state index in [-0.39, 0.29) is 17.7 Å². The number of likely N-dealkylation sites (tertiary alicyclic amines) is 1. The molecule has 0 aromatic heterocycles. The summed E-state index contributed by atoms with van der Waals surface area (Å²) < 4.78 is 16.6. The summed E-state index contributed by atoms with van der Waals surface area (Å²) in [5.41, 5.74) is 1.91. The zero-order valence-electron chi connectivity index (χ0n) is 18.2. The lowest BCUT2D eigenvalue weighted by Gasteiger charge is -2.40. The molecule has 0 atom stereocenters. The third-order valence-electron chi connectivity index (χ3n) is 5.71. The van der Waals surface area contributed by atoms with Crippen LogP contribution in [0, 0.1) is 5.92 Å². The molecule has 0 unspecified atom stereocenters. The number of hydrogen-bond acceptors (Lipinski definition) is 5. The van der Waals surface area contributed by atoms with E-state index in [1.165, 1.54) is 6.08 Å². The number of morpholine rings is 1. The van der Waals surface area contributed by atoms with Crippen LogP contribution < -0.4 is 9.47 Å². The predicted molar refractivity (Wildman–Crippen MR) is 120 cm³/mol. The van der Waals surface area contributed by atoms with Crippen LogP contribution in [-0.4, -0.2) is 68.1 Å². The Hall–Kier alpha value is -3.32. The number of benzene rings is 2. The minimum absolute atomic E-state index is 0.0978. The van der Waals surface area contributed by atoms with Crippen molar-refractivity contribution >= 4 is 17.9 Å². The van der Waals surface area contributed by atoms with Gasteiger partial charge in [0.05, 0.1) is 26.2 Å². The van der Waals surface area contributed by atoms with E-state index in [2.05, 4.69) is 0 Å². The van der Waals surface area contributed by atoms with Crippen LogP contribution in [-0.2, 0) is 20.9 Å². The zero-order chi connectivity index (χ0) is 22.3. The monoisotopic (exact) mass is 436 g/mol. The topological polar surface area (TPSA) is 68.3 Å². The Balaban J connectivity index is 1.29. The molecule has 2 saturated heterocycles. The summed E-state index contributed by atoms with van der Waals surface area (Å²) in [6.07, 6.45) is 3.29. The first-order chi connectivity index (χ1) is 15.6. The van der Waals surface area contributed by atoms with Gasteiger partial charge < -0.3 is 24.0 Å². The first-order valence-electron chi connectivity index (χ1n) is 10.8. The fraction of sp³-hybridized carbons (Fsp3) is 0.360. The molecular weight excluding hydrogens is 408 g/mol. The average Bonchev–Trinajstić information content (AvgIpc) is 2.81. The minimum atomic E-state index is -0.105. The van der Waals surface area contributed by atoms with E-state index in [0.29, 0.717) is 57.5 Å². The molecule has 168 valence electrons. The standard InChI is InChI=1S/C25H28N2O5/c1-30-23-15-19(7-9-22(23)32-18-20-5-3-2-4-6-20)8-10-24(28)27-16-21(17-27)25(29)26-11-13-31-14-12-26/h2-10,15,21H,11-14,16-18H2,1H3/b10-8+. The first kappa shape index (κ1) is 21.9. The van der Waals surface area contributed by atoms with Crippen molar-refractivity contribution in [2.75, 3.05) is 46.5 Å². The van der Waals surface area contributed by atoms with Crippen LogP contribution in [0.25, 0.3) is 6.08 Å². The second-order valence-electron chi connectivity index (χ2n) is 7.90. The van der Waals surface area contributed by atoms with Crippen LogP contribution in [0.2, 0.25) is 0 Å². The van der Waals surface area contributed by atoms with Crippen molar-refractivity contribution in [1.82, 2.24) is 9.80 Å². The molecule has 0 radical (unpaired) electrons. The van der Waals surface area contributed by atoms with E-state index in [1.807, 2.05) is 53.4 Å². The van der Waals surface area contributed by atoms with E-state index in [4.69, 9.17) is 14.2 Å². The number of carbonyl (C=O) groups excluding carboxylic acids is 2. The van der Waals surface area contributed by atoms with Crippen LogP contribution in [0.4, 0.5) is 0 Å². The van der Waals surface area contributed by atoms with Gasteiger partial charge in [-0.3, -0.25) is 9.59 Å². The van der Waals surface area contributed by atoms with Gasteiger partial charge in [0.15, 0.2) is 11.5 Å². The summed E-state index contributed by atoms with van der Waals surface area (Å²) in [4.78, 5) is 28.4. The molecule has 0 bridgehead atoms. The maximum Gasteiger partial charge on any atom is 0.246 e. The lowest BCUT2D eigenvalue weighted by Crippen LogP contribution is -2.57. The van der Waals surface area contributed by atoms with Gasteiger partial charge in [-0.1, -0.05) is 36.4 Å². The van der Waals surface area contributed by atoms with Crippen molar-refractivity contribution in [3.05, 3.63) is 65.7 Å². The number of ether oxygens (including phenoxy) is 3. The van der Waals surface area contributed by atoms with Gasteiger partial charge in [0.1, 0.15) is 6.61 Å². The van der Waals surface area contributed by atoms with Crippen LogP contribution in [0.15, 0.2) is 54.6 Å². The van der Waals surface area contributed by atoms with Gasteiger partial charge in [0.25, 0.3) is 0 Å². The van der Waals surface area contributed by atoms with Crippen molar-refractivity contribution in [3.63, 3.8) is 0 Å². The Morgan fingerprint density at radius 1 is 1.03 bits per heavy atom. The average molecular weight is 437 g/mol. The molecule has 0 N–H and O–H groups in total. The fourth-order valence-corrected chi connectivity index (χ4v) is 3.77. The highest BCUT2D eigenvalue weighted by Crippen LogP contribution is 2.29. The highest BCUT2D eigenvalue weighted by Gasteiger charge is 2.37. The molecule has 2 aliphatic heterocycles. The van der Waals surface area contributed by atoms with Crippen molar-refractivity contribution in [3.8, 4) is 11.5 Å². The predicted octanol–water partition coefficient (Wildman–Crippen LogP) is 2.60. The molecule has 2 aromatic carbocycles. The molecule has 2 heterocycles. The van der Waals surface area contributed by atoms with Gasteiger partial charge in [0.2, 0.25) is 11.8 Å². The van der Waals surface area contributed by atoms with Gasteiger partial charge in [0, 0.05) is 32.3 Å². The number of amides is 2. The zero-order valence-corrected chi connectivity index (χ0v) is 18.2. The van der Waals surface area contributed by atoms with E-state index in [0.717, 1.165) is 11.1 Å². The number of carbonyl (C=O) groups is 2. The van der Waals surface area contributed by atoms with E-state index in [9.17, 15) is 9.59 Å². The fourth-order valence-electron chi connectivity index (χ4n) is 3.77. The second-order valence-corrected chi connectivity index (χ2v) is 7.90. The van der Waals surface area contributed by atoms with E-state index >= 15 is 0 Å². The van der Waals surface area contributed by atoms with Crippen LogP contribution in [0.3, 0.4) is 0 Å². The summed E-state index contributed by atoms with van der Waals surface area (Å²) in [6, 6.07) is 15.5. The number of methoxy groups -OCH3 is 1. The third kappa shape index (κ3) is 5.29. The molecule has 7 nitrogen and oxygen atoms in total. The van der Waals surface area contributed by atoms with Crippen LogP contribution >= 0.6 is 0 Å². The number of rotatable bonds is 7. The van der Waals surface area contributed by atoms with Crippen molar-refractivity contribution < 1.29 is 23.8 Å². The molecule has 7 heteroatoms. The molecule has 0 saturated carbocycles. The maximum absolute atomic E-state index is 12.5. The largest absolute Gasteiger partial charge is 0.493 e. The lowest BCUT2D eigenvalue weighted by atomic mass is 9.98. The molecule has 0 aliphatic carbocycles. The summed E-state index contributed by atoms with van der Waals surface area (Å²) in [6.45, 7) is 3.83. The molecule has 4 rings (SSSR count). The Morgan fingerprint density at radius 3 is 2.50 bits per heavy atom. The van der Waals surface area contributed by atoms with Crippen molar-refractivity contribution in [2.24, 2.45) is 5.92 Å². The maximum atomic E-state index is 12.5. The normalized spacial score (nSPS) is 16.7. The van der Waals surface area contributed by atoms with Crippen LogP contribution in [0.1, 0.15) is 11.1 Å². The van der Waals surface area contributed by atoms with Gasteiger partial charge in [-0.15, -0.1) is 0 Å². The highest BCUT2D eigenvalue weighted by molar-refractivity contribution is 5.94. The number of nitrogens with zero attached hydrogens (tertiary/aromatic N) is 2. The molecule has 2 amide bonds. The van der Waals surface area contributed by atoms with Crippen LogP contribution in [0.5, 0.6) is 11.5 Å². The number of hydrogen-bond donors (Lipinski definition) is 0. The highest BCUT2D eigenvalue weighted by atomic mass is 16.5. The van der Waals surface area contributed by atoms with E-state index in [1.54, 1.807) is 18.1 Å². The van der Waals surface area contributed by atoms with Crippen molar-refractivity contribution in [2.45, 2.75) is 6.61 Å². The Bertz CT molecular complexity index is 964. The molecule has 32 heavy (non-hydrogen) atoms. The van der Waals surface area contributed by atoms with Gasteiger partial charge in [-0.25, -0.2) is 0 Å².